The average Bonchev–Trinajstić information content (AvgIpc) is 2.84. The van der Waals surface area contributed by atoms with E-state index in [2.05, 4.69) is 10.0 Å². The Hall–Kier alpha value is -2.87. The van der Waals surface area contributed by atoms with E-state index >= 15 is 0 Å². The van der Waals surface area contributed by atoms with Crippen LogP contribution in [0.3, 0.4) is 0 Å². The highest BCUT2D eigenvalue weighted by Crippen LogP contribution is 2.23. The number of nitrogens with zero attached hydrogens (tertiary/aromatic N) is 1. The Bertz CT molecular complexity index is 879. The van der Waals surface area contributed by atoms with Gasteiger partial charge in [-0.3, -0.25) is 14.4 Å². The van der Waals surface area contributed by atoms with Crippen LogP contribution in [0.5, 0.6) is 0 Å². The average molecular weight is 345 g/mol. The molecule has 2 N–H and O–H groups in total. The maximum absolute atomic E-state index is 12.3. The Balaban J connectivity index is 1.79. The number of anilines is 1. The van der Waals surface area contributed by atoms with Crippen molar-refractivity contribution in [2.75, 3.05) is 11.8 Å². The predicted octanol–water partition coefficient (Wildman–Crippen LogP) is 1.71. The van der Waals surface area contributed by atoms with Crippen molar-refractivity contribution in [1.82, 2.24) is 10.2 Å². The molecule has 3 amide bonds. The van der Waals surface area contributed by atoms with Crippen LogP contribution in [0.25, 0.3) is 0 Å². The summed E-state index contributed by atoms with van der Waals surface area (Å²) in [7, 11) is -2.27. The van der Waals surface area contributed by atoms with E-state index in [1.54, 1.807) is 42.5 Å². The number of likely N-dealkylation sites (N-methyl/N-ethyl adjacent to an activating group) is 1. The number of amides is 3. The van der Waals surface area contributed by atoms with Gasteiger partial charge in [0.2, 0.25) is 0 Å². The topological polar surface area (TPSA) is 95.6 Å². The highest BCUT2D eigenvalue weighted by molar-refractivity contribution is 7.92. The molecule has 124 valence electrons. The molecule has 2 aromatic carbocycles. The van der Waals surface area contributed by atoms with Crippen molar-refractivity contribution in [2.24, 2.45) is 0 Å². The summed E-state index contributed by atoms with van der Waals surface area (Å²) in [4.78, 5) is 24.6. The van der Waals surface area contributed by atoms with E-state index in [9.17, 15) is 18.0 Å². The second-order valence-corrected chi connectivity index (χ2v) is 7.00. The standard InChI is InChI=1S/C16H15N3O4S/c1-19-15(20)14(17-16(19)21)11-7-9-12(10-8-11)18-24(22,23)13-5-3-2-4-6-13/h2-10,14,18H,1H3,(H,17,21). The maximum atomic E-state index is 12.3. The summed E-state index contributed by atoms with van der Waals surface area (Å²) in [5.41, 5.74) is 0.952. The minimum absolute atomic E-state index is 0.161. The van der Waals surface area contributed by atoms with Crippen molar-refractivity contribution >= 4 is 27.6 Å². The highest BCUT2D eigenvalue weighted by Gasteiger charge is 2.36. The molecule has 1 atom stereocenters. The van der Waals surface area contributed by atoms with Gasteiger partial charge in [-0.1, -0.05) is 30.3 Å². The van der Waals surface area contributed by atoms with Crippen molar-refractivity contribution in [3.05, 3.63) is 60.2 Å². The summed E-state index contributed by atoms with van der Waals surface area (Å²) >= 11 is 0. The first-order valence-corrected chi connectivity index (χ1v) is 8.63. The van der Waals surface area contributed by atoms with Gasteiger partial charge in [0, 0.05) is 12.7 Å². The van der Waals surface area contributed by atoms with Gasteiger partial charge in [0.25, 0.3) is 15.9 Å². The van der Waals surface area contributed by atoms with Crippen LogP contribution in [-0.2, 0) is 14.8 Å². The largest absolute Gasteiger partial charge is 0.324 e. The summed E-state index contributed by atoms with van der Waals surface area (Å²) in [6.45, 7) is 0. The van der Waals surface area contributed by atoms with Gasteiger partial charge < -0.3 is 5.32 Å². The van der Waals surface area contributed by atoms with Crippen LogP contribution in [0.15, 0.2) is 59.5 Å². The minimum Gasteiger partial charge on any atom is -0.322 e. The smallest absolute Gasteiger partial charge is 0.322 e. The molecule has 0 aliphatic carbocycles. The van der Waals surface area contributed by atoms with Crippen molar-refractivity contribution in [3.63, 3.8) is 0 Å². The van der Waals surface area contributed by atoms with Gasteiger partial charge in [0.05, 0.1) is 4.90 Å². The Morgan fingerprint density at radius 1 is 1.00 bits per heavy atom. The molecule has 7 nitrogen and oxygen atoms in total. The second-order valence-electron chi connectivity index (χ2n) is 5.32. The number of nitrogens with one attached hydrogen (secondary N) is 2. The molecule has 0 aromatic heterocycles. The molecule has 3 rings (SSSR count). The van der Waals surface area contributed by atoms with Gasteiger partial charge in [-0.2, -0.15) is 0 Å². The van der Waals surface area contributed by atoms with E-state index in [0.717, 1.165) is 4.90 Å². The zero-order valence-corrected chi connectivity index (χ0v) is 13.6. The fourth-order valence-electron chi connectivity index (χ4n) is 2.36. The van der Waals surface area contributed by atoms with Gasteiger partial charge in [0.15, 0.2) is 0 Å². The number of hydrogen-bond donors (Lipinski definition) is 2. The van der Waals surface area contributed by atoms with Crippen molar-refractivity contribution in [1.29, 1.82) is 0 Å². The van der Waals surface area contributed by atoms with Crippen molar-refractivity contribution < 1.29 is 18.0 Å². The number of benzene rings is 2. The Kier molecular flexibility index (Phi) is 3.98. The zero-order chi connectivity index (χ0) is 17.3. The molecular weight excluding hydrogens is 330 g/mol. The summed E-state index contributed by atoms with van der Waals surface area (Å²) in [5.74, 6) is -0.349. The Labute approximate surface area is 139 Å². The van der Waals surface area contributed by atoms with Crippen LogP contribution in [-0.4, -0.2) is 32.3 Å². The first-order valence-electron chi connectivity index (χ1n) is 7.14. The van der Waals surface area contributed by atoms with E-state index < -0.39 is 22.1 Å². The fraction of sp³-hybridized carbons (Fsp3) is 0.125. The first-order chi connectivity index (χ1) is 11.4. The minimum atomic E-state index is -3.67. The van der Waals surface area contributed by atoms with Gasteiger partial charge in [-0.15, -0.1) is 0 Å². The molecule has 1 aliphatic rings. The normalized spacial score (nSPS) is 17.7. The van der Waals surface area contributed by atoms with Gasteiger partial charge >= 0.3 is 6.03 Å². The molecule has 0 radical (unpaired) electrons. The van der Waals surface area contributed by atoms with Gasteiger partial charge in [0.1, 0.15) is 6.04 Å². The SMILES string of the molecule is CN1C(=O)NC(c2ccc(NS(=O)(=O)c3ccccc3)cc2)C1=O. The van der Waals surface area contributed by atoms with Crippen LogP contribution in [0.1, 0.15) is 11.6 Å². The third kappa shape index (κ3) is 2.95. The predicted molar refractivity (Wildman–Crippen MR) is 87.7 cm³/mol. The summed E-state index contributed by atoms with van der Waals surface area (Å²) < 4.78 is 27.0. The monoisotopic (exact) mass is 345 g/mol. The van der Waals surface area contributed by atoms with Crippen LogP contribution < -0.4 is 10.0 Å². The molecule has 1 heterocycles. The molecule has 1 unspecified atom stereocenters. The number of sulfonamides is 1. The van der Waals surface area contributed by atoms with E-state index in [0.29, 0.717) is 11.3 Å². The van der Waals surface area contributed by atoms with Crippen LogP contribution in [0, 0.1) is 0 Å². The van der Waals surface area contributed by atoms with Gasteiger partial charge in [-0.25, -0.2) is 13.2 Å². The number of carbonyl (C=O) groups excluding carboxylic acids is 2. The molecule has 0 bridgehead atoms. The van der Waals surface area contributed by atoms with E-state index in [1.807, 2.05) is 0 Å². The quantitative estimate of drug-likeness (QED) is 0.825. The zero-order valence-electron chi connectivity index (χ0n) is 12.8. The van der Waals surface area contributed by atoms with Crippen LogP contribution >= 0.6 is 0 Å². The molecule has 1 aliphatic heterocycles. The lowest BCUT2D eigenvalue weighted by Gasteiger charge is -2.11. The molecule has 2 aromatic rings. The first kappa shape index (κ1) is 16.0. The van der Waals surface area contributed by atoms with Gasteiger partial charge in [-0.05, 0) is 29.8 Å². The van der Waals surface area contributed by atoms with E-state index in [-0.39, 0.29) is 10.8 Å². The number of carbonyl (C=O) groups is 2. The lowest BCUT2D eigenvalue weighted by molar-refractivity contribution is -0.126. The molecular formula is C16H15N3O4S. The Morgan fingerprint density at radius 3 is 2.17 bits per heavy atom. The lowest BCUT2D eigenvalue weighted by atomic mass is 10.1. The molecule has 1 saturated heterocycles. The Morgan fingerprint density at radius 2 is 1.62 bits per heavy atom. The molecule has 8 heteroatoms. The third-order valence-electron chi connectivity index (χ3n) is 3.70. The molecule has 0 saturated carbocycles. The lowest BCUT2D eigenvalue weighted by Crippen LogP contribution is -2.25. The highest BCUT2D eigenvalue weighted by atomic mass is 32.2. The number of imide groups is 1. The number of rotatable bonds is 4. The fourth-order valence-corrected chi connectivity index (χ4v) is 3.44. The van der Waals surface area contributed by atoms with E-state index in [1.165, 1.54) is 19.2 Å². The summed E-state index contributed by atoms with van der Waals surface area (Å²) in [6.07, 6.45) is 0. The van der Waals surface area contributed by atoms with Crippen LogP contribution in [0.2, 0.25) is 0 Å². The summed E-state index contributed by atoms with van der Waals surface area (Å²) in [6, 6.07) is 13.1. The second kappa shape index (κ2) is 5.97. The number of urea groups is 1. The number of hydrogen-bond acceptors (Lipinski definition) is 4. The van der Waals surface area contributed by atoms with Crippen molar-refractivity contribution in [3.8, 4) is 0 Å². The maximum Gasteiger partial charge on any atom is 0.324 e. The van der Waals surface area contributed by atoms with E-state index in [4.69, 9.17) is 0 Å². The third-order valence-corrected chi connectivity index (χ3v) is 5.10. The molecule has 1 fully saturated rings. The van der Waals surface area contributed by atoms with Crippen molar-refractivity contribution in [2.45, 2.75) is 10.9 Å². The molecule has 0 spiro atoms. The van der Waals surface area contributed by atoms with Crippen LogP contribution in [0.4, 0.5) is 10.5 Å². The molecule has 24 heavy (non-hydrogen) atoms. The summed E-state index contributed by atoms with van der Waals surface area (Å²) in [5, 5.41) is 2.56.